The number of aliphatic hydroxyl groups excluding tert-OH is 1. The monoisotopic (exact) mass is 380 g/mol. The number of carbonyl (C=O) groups excluding carboxylic acids is 1. The first-order chi connectivity index (χ1) is 12.5. The highest BCUT2D eigenvalue weighted by atomic mass is 32.1. The van der Waals surface area contributed by atoms with Crippen LogP contribution in [0.1, 0.15) is 0 Å². The van der Waals surface area contributed by atoms with Crippen LogP contribution in [0.2, 0.25) is 0 Å². The van der Waals surface area contributed by atoms with E-state index in [9.17, 15) is 9.90 Å². The average Bonchev–Trinajstić information content (AvgIpc) is 3.13. The number of ether oxygens (including phenoxy) is 3. The minimum Gasteiger partial charge on any atom is -0.492 e. The summed E-state index contributed by atoms with van der Waals surface area (Å²) in [5.41, 5.74) is 5.02. The van der Waals surface area contributed by atoms with Gasteiger partial charge in [0.1, 0.15) is 36.6 Å². The van der Waals surface area contributed by atoms with Gasteiger partial charge in [0.2, 0.25) is 0 Å². The molecule has 1 heterocycles. The zero-order valence-electron chi connectivity index (χ0n) is 14.7. The largest absolute Gasteiger partial charge is 0.492 e. The van der Waals surface area contributed by atoms with E-state index < -0.39 is 12.0 Å². The van der Waals surface area contributed by atoms with Crippen LogP contribution in [0.25, 0.3) is 0 Å². The lowest BCUT2D eigenvalue weighted by Crippen LogP contribution is -2.35. The van der Waals surface area contributed by atoms with E-state index in [1.54, 1.807) is 35.6 Å². The highest BCUT2D eigenvalue weighted by Gasteiger charge is 2.09. The number of carbonyl (C=O) groups is 1. The van der Waals surface area contributed by atoms with Crippen molar-refractivity contribution in [3.63, 3.8) is 0 Å². The van der Waals surface area contributed by atoms with Crippen LogP contribution in [0.3, 0.4) is 0 Å². The van der Waals surface area contributed by atoms with Gasteiger partial charge in [-0.2, -0.15) is 0 Å². The second kappa shape index (κ2) is 10.6. The maximum Gasteiger partial charge on any atom is 0.255 e. The Bertz CT molecular complexity index is 648. The summed E-state index contributed by atoms with van der Waals surface area (Å²) in [4.78, 5) is 12.6. The number of thiophene rings is 1. The fourth-order valence-corrected chi connectivity index (χ4v) is 2.71. The first kappa shape index (κ1) is 20.0. The van der Waals surface area contributed by atoms with Crippen LogP contribution < -0.4 is 19.9 Å². The van der Waals surface area contributed by atoms with Crippen molar-refractivity contribution in [1.82, 2.24) is 4.90 Å². The van der Waals surface area contributed by atoms with E-state index >= 15 is 0 Å². The third kappa shape index (κ3) is 7.73. The van der Waals surface area contributed by atoms with Crippen molar-refractivity contribution in [2.45, 2.75) is 6.10 Å². The molecule has 2 aromatic rings. The molecule has 1 atom stereocenters. The van der Waals surface area contributed by atoms with Gasteiger partial charge in [-0.15, -0.1) is 11.3 Å². The Labute approximate surface area is 156 Å². The van der Waals surface area contributed by atoms with Gasteiger partial charge in [-0.05, 0) is 42.8 Å². The molecule has 0 aliphatic rings. The van der Waals surface area contributed by atoms with Gasteiger partial charge in [0.25, 0.3) is 5.91 Å². The number of benzene rings is 1. The molecule has 0 saturated carbocycles. The van der Waals surface area contributed by atoms with Crippen molar-refractivity contribution < 1.29 is 24.1 Å². The number of rotatable bonds is 12. The molecule has 1 aromatic carbocycles. The van der Waals surface area contributed by atoms with E-state index in [1.807, 2.05) is 28.8 Å². The highest BCUT2D eigenvalue weighted by Crippen LogP contribution is 2.17. The second-order valence-corrected chi connectivity index (χ2v) is 6.54. The summed E-state index contributed by atoms with van der Waals surface area (Å²) in [5.74, 6) is 1.52. The molecule has 0 spiro atoms. The lowest BCUT2D eigenvalue weighted by Gasteiger charge is -2.20. The zero-order valence-corrected chi connectivity index (χ0v) is 15.5. The van der Waals surface area contributed by atoms with Crippen molar-refractivity contribution in [2.75, 3.05) is 40.0 Å². The lowest BCUT2D eigenvalue weighted by atomic mass is 10.3. The maximum absolute atomic E-state index is 10.7. The van der Waals surface area contributed by atoms with E-state index in [2.05, 4.69) is 0 Å². The van der Waals surface area contributed by atoms with Crippen molar-refractivity contribution in [1.29, 1.82) is 0 Å². The van der Waals surface area contributed by atoms with Gasteiger partial charge in [0.05, 0.1) is 0 Å². The van der Waals surface area contributed by atoms with Crippen LogP contribution in [-0.4, -0.2) is 62.0 Å². The molecule has 2 rings (SSSR count). The number of aliphatic hydroxyl groups is 1. The Kier molecular flexibility index (Phi) is 8.20. The fourth-order valence-electron chi connectivity index (χ4n) is 2.14. The molecular weight excluding hydrogens is 356 g/mol. The van der Waals surface area contributed by atoms with Crippen LogP contribution in [0.5, 0.6) is 17.2 Å². The van der Waals surface area contributed by atoms with Crippen LogP contribution in [0, 0.1) is 0 Å². The number of nitrogens with zero attached hydrogens (tertiary/aromatic N) is 1. The molecule has 1 amide bonds. The molecule has 0 fully saturated rings. The molecule has 7 nitrogen and oxygen atoms in total. The Morgan fingerprint density at radius 1 is 1.15 bits per heavy atom. The molecule has 3 N–H and O–H groups in total. The highest BCUT2D eigenvalue weighted by molar-refractivity contribution is 7.08. The van der Waals surface area contributed by atoms with Crippen LogP contribution in [0.15, 0.2) is 41.1 Å². The van der Waals surface area contributed by atoms with Crippen molar-refractivity contribution in [2.24, 2.45) is 5.73 Å². The normalized spacial score (nSPS) is 12.0. The van der Waals surface area contributed by atoms with Crippen LogP contribution >= 0.6 is 11.3 Å². The van der Waals surface area contributed by atoms with Crippen LogP contribution in [0.4, 0.5) is 0 Å². The molecule has 26 heavy (non-hydrogen) atoms. The van der Waals surface area contributed by atoms with E-state index in [0.717, 1.165) is 5.75 Å². The topological polar surface area (TPSA) is 94.2 Å². The number of nitrogens with two attached hydrogens (primary N) is 1. The van der Waals surface area contributed by atoms with Crippen LogP contribution in [-0.2, 0) is 4.79 Å². The van der Waals surface area contributed by atoms with Gasteiger partial charge in [0.15, 0.2) is 6.61 Å². The molecule has 142 valence electrons. The van der Waals surface area contributed by atoms with Gasteiger partial charge in [-0.25, -0.2) is 0 Å². The molecule has 0 radical (unpaired) electrons. The summed E-state index contributed by atoms with van der Waals surface area (Å²) in [6.45, 7) is 1.75. The first-order valence-corrected chi connectivity index (χ1v) is 9.13. The van der Waals surface area contributed by atoms with Gasteiger partial charge in [0, 0.05) is 18.5 Å². The SMILES string of the molecule is CN(CCOc1ccc(OCC(N)=O)cc1)CC(O)COc1ccsc1. The zero-order chi connectivity index (χ0) is 18.8. The molecule has 8 heteroatoms. The smallest absolute Gasteiger partial charge is 0.255 e. The number of likely N-dealkylation sites (N-methyl/N-ethyl adjacent to an activating group) is 1. The van der Waals surface area contributed by atoms with Gasteiger partial charge < -0.3 is 30.0 Å². The molecular formula is C18H24N2O5S. The quantitative estimate of drug-likeness (QED) is 0.577. The van der Waals surface area contributed by atoms with E-state index in [1.165, 1.54) is 0 Å². The summed E-state index contributed by atoms with van der Waals surface area (Å²) >= 11 is 1.56. The van der Waals surface area contributed by atoms with Gasteiger partial charge in [-0.3, -0.25) is 4.79 Å². The summed E-state index contributed by atoms with van der Waals surface area (Å²) in [5, 5.41) is 13.8. The Balaban J connectivity index is 1.61. The summed E-state index contributed by atoms with van der Waals surface area (Å²) in [6, 6.07) is 8.83. The fraction of sp³-hybridized carbons (Fsp3) is 0.389. The van der Waals surface area contributed by atoms with Crippen molar-refractivity contribution in [3.05, 3.63) is 41.1 Å². The molecule has 1 aromatic heterocycles. The molecule has 0 saturated heterocycles. The average molecular weight is 380 g/mol. The minimum absolute atomic E-state index is 0.149. The number of primary amides is 1. The predicted molar refractivity (Wildman–Crippen MR) is 99.9 cm³/mol. The minimum atomic E-state index is -0.568. The predicted octanol–water partition coefficient (Wildman–Crippen LogP) is 1.36. The Morgan fingerprint density at radius 3 is 2.46 bits per heavy atom. The summed E-state index contributed by atoms with van der Waals surface area (Å²) in [6.07, 6.45) is -0.568. The summed E-state index contributed by atoms with van der Waals surface area (Å²) in [7, 11) is 1.91. The van der Waals surface area contributed by atoms with Gasteiger partial charge in [-0.1, -0.05) is 0 Å². The molecule has 1 unspecified atom stereocenters. The standard InChI is InChI=1S/C18H24N2O5S/c1-20(10-14(21)11-24-17-6-9-26-13-17)7-8-23-15-2-4-16(5-3-15)25-12-18(19)22/h2-6,9,13-14,21H,7-8,10-12H2,1H3,(H2,19,22). The van der Waals surface area contributed by atoms with Crippen molar-refractivity contribution >= 4 is 17.2 Å². The van der Waals surface area contributed by atoms with E-state index in [0.29, 0.717) is 31.2 Å². The Hall–Kier alpha value is -2.29. The molecule has 0 aliphatic carbocycles. The lowest BCUT2D eigenvalue weighted by molar-refractivity contribution is -0.119. The number of amides is 1. The molecule has 0 aliphatic heterocycles. The third-order valence-corrected chi connectivity index (χ3v) is 4.07. The maximum atomic E-state index is 10.7. The van der Waals surface area contributed by atoms with E-state index in [4.69, 9.17) is 19.9 Å². The first-order valence-electron chi connectivity index (χ1n) is 8.18. The molecule has 0 bridgehead atoms. The van der Waals surface area contributed by atoms with Gasteiger partial charge >= 0.3 is 0 Å². The number of hydrogen-bond acceptors (Lipinski definition) is 7. The third-order valence-electron chi connectivity index (χ3n) is 3.41. The van der Waals surface area contributed by atoms with Crippen molar-refractivity contribution in [3.8, 4) is 17.2 Å². The summed E-state index contributed by atoms with van der Waals surface area (Å²) < 4.78 is 16.3. The number of hydrogen-bond donors (Lipinski definition) is 2. The second-order valence-electron chi connectivity index (χ2n) is 5.76. The Morgan fingerprint density at radius 2 is 1.85 bits per heavy atom. The van der Waals surface area contributed by atoms with E-state index in [-0.39, 0.29) is 13.2 Å².